The molecule has 1 heterocycles. The van der Waals surface area contributed by atoms with E-state index in [1.54, 1.807) is 13.8 Å². The van der Waals surface area contributed by atoms with Crippen molar-refractivity contribution in [1.82, 2.24) is 0 Å². The minimum absolute atomic E-state index is 0.00484. The molecule has 0 N–H and O–H groups in total. The molecule has 1 aliphatic rings. The first-order valence-corrected chi connectivity index (χ1v) is 12.4. The number of hydrogen-bond acceptors (Lipinski definition) is 6. The quantitative estimate of drug-likeness (QED) is 0.0919. The van der Waals surface area contributed by atoms with Crippen molar-refractivity contribution in [3.8, 4) is 0 Å². The zero-order chi connectivity index (χ0) is 24.5. The third-order valence-electron chi connectivity index (χ3n) is 5.42. The summed E-state index contributed by atoms with van der Waals surface area (Å²) in [6, 6.07) is 0. The number of ether oxygens (including phenoxy) is 3. The van der Waals surface area contributed by atoms with Crippen molar-refractivity contribution in [3.63, 3.8) is 0 Å². The Kier molecular flexibility index (Phi) is 14.1. The summed E-state index contributed by atoms with van der Waals surface area (Å²) in [6.45, 7) is 8.13. The van der Waals surface area contributed by atoms with Crippen LogP contribution in [0.15, 0.2) is 35.5 Å². The third kappa shape index (κ3) is 10.9. The van der Waals surface area contributed by atoms with Gasteiger partial charge in [-0.1, -0.05) is 77.7 Å². The zero-order valence-electron chi connectivity index (χ0n) is 21.0. The first-order valence-electron chi connectivity index (χ1n) is 12.4. The molecule has 0 aromatic carbocycles. The second-order valence-corrected chi connectivity index (χ2v) is 8.99. The molecule has 0 aromatic heterocycles. The molecule has 0 radical (unpaired) electrons. The van der Waals surface area contributed by atoms with Crippen molar-refractivity contribution >= 4 is 17.9 Å². The van der Waals surface area contributed by atoms with Crippen LogP contribution in [0.5, 0.6) is 0 Å². The lowest BCUT2D eigenvalue weighted by atomic mass is 9.80. The summed E-state index contributed by atoms with van der Waals surface area (Å²) >= 11 is 0. The molecule has 0 atom stereocenters. The van der Waals surface area contributed by atoms with Crippen LogP contribution in [-0.4, -0.2) is 37.7 Å². The van der Waals surface area contributed by atoms with E-state index in [1.807, 2.05) is 12.2 Å². The Hall–Kier alpha value is -2.37. The van der Waals surface area contributed by atoms with Crippen LogP contribution in [0, 0.1) is 5.41 Å². The highest BCUT2D eigenvalue weighted by atomic mass is 16.6. The van der Waals surface area contributed by atoms with Gasteiger partial charge in [0, 0.05) is 5.41 Å². The third-order valence-corrected chi connectivity index (χ3v) is 5.42. The van der Waals surface area contributed by atoms with E-state index >= 15 is 0 Å². The normalized spacial score (nSPS) is 15.8. The standard InChI is InChI=1S/C27H42O6/c1-5-7-9-11-13-15-17-19-31-24(28)22-23(27(3,4)21-33-25(22)29)26(30)32-20-18-16-14-12-10-8-6-2/h13-16H,5-12,17-21H2,1-4H3/b15-13-,16-14-. The van der Waals surface area contributed by atoms with Gasteiger partial charge in [0.2, 0.25) is 0 Å². The molecule has 0 saturated heterocycles. The molecular weight excluding hydrogens is 420 g/mol. The largest absolute Gasteiger partial charge is 0.462 e. The predicted molar refractivity (Wildman–Crippen MR) is 129 cm³/mol. The first-order chi connectivity index (χ1) is 15.8. The highest BCUT2D eigenvalue weighted by molar-refractivity contribution is 6.20. The van der Waals surface area contributed by atoms with Gasteiger partial charge < -0.3 is 14.2 Å². The minimum Gasteiger partial charge on any atom is -0.462 e. The van der Waals surface area contributed by atoms with E-state index in [9.17, 15) is 14.4 Å². The summed E-state index contributed by atoms with van der Waals surface area (Å²) in [5, 5.41) is 0. The van der Waals surface area contributed by atoms with E-state index in [0.29, 0.717) is 12.8 Å². The van der Waals surface area contributed by atoms with Gasteiger partial charge in [0.15, 0.2) is 5.57 Å². The van der Waals surface area contributed by atoms with E-state index in [1.165, 1.54) is 25.7 Å². The van der Waals surface area contributed by atoms with Gasteiger partial charge in [-0.3, -0.25) is 0 Å². The molecule has 186 valence electrons. The molecule has 0 bridgehead atoms. The number of allylic oxidation sites excluding steroid dienone is 2. The van der Waals surface area contributed by atoms with E-state index in [4.69, 9.17) is 14.2 Å². The van der Waals surface area contributed by atoms with Gasteiger partial charge in [0.1, 0.15) is 6.61 Å². The molecule has 6 heteroatoms. The fourth-order valence-corrected chi connectivity index (χ4v) is 3.47. The van der Waals surface area contributed by atoms with Crippen molar-refractivity contribution < 1.29 is 28.6 Å². The van der Waals surface area contributed by atoms with E-state index in [2.05, 4.69) is 26.0 Å². The van der Waals surface area contributed by atoms with Gasteiger partial charge in [-0.15, -0.1) is 0 Å². The molecule has 0 fully saturated rings. The Labute approximate surface area is 199 Å². The summed E-state index contributed by atoms with van der Waals surface area (Å²) in [5.74, 6) is -2.34. The van der Waals surface area contributed by atoms with Gasteiger partial charge in [-0.05, 0) is 38.5 Å². The first kappa shape index (κ1) is 28.7. The monoisotopic (exact) mass is 462 g/mol. The van der Waals surface area contributed by atoms with Crippen molar-refractivity contribution in [3.05, 3.63) is 35.5 Å². The van der Waals surface area contributed by atoms with Crippen molar-refractivity contribution in [2.75, 3.05) is 19.8 Å². The zero-order valence-corrected chi connectivity index (χ0v) is 21.0. The maximum absolute atomic E-state index is 12.8. The molecule has 0 unspecified atom stereocenters. The Morgan fingerprint density at radius 2 is 1.30 bits per heavy atom. The fourth-order valence-electron chi connectivity index (χ4n) is 3.47. The maximum atomic E-state index is 12.8. The molecular formula is C27H42O6. The van der Waals surface area contributed by atoms with Crippen LogP contribution in [0.4, 0.5) is 0 Å². The lowest BCUT2D eigenvalue weighted by Gasteiger charge is -2.31. The van der Waals surface area contributed by atoms with Crippen LogP contribution in [-0.2, 0) is 28.6 Å². The Balaban J connectivity index is 2.69. The minimum atomic E-state index is -0.839. The number of cyclic esters (lactones) is 1. The Morgan fingerprint density at radius 1 is 0.818 bits per heavy atom. The van der Waals surface area contributed by atoms with Crippen LogP contribution in [0.2, 0.25) is 0 Å². The molecule has 1 rings (SSSR count). The average molecular weight is 463 g/mol. The average Bonchev–Trinajstić information content (AvgIpc) is 2.78. The summed E-state index contributed by atoms with van der Waals surface area (Å²) in [4.78, 5) is 37.8. The molecule has 6 nitrogen and oxygen atoms in total. The highest BCUT2D eigenvalue weighted by Crippen LogP contribution is 2.35. The fraction of sp³-hybridized carbons (Fsp3) is 0.667. The van der Waals surface area contributed by atoms with Crippen LogP contribution in [0.1, 0.15) is 91.9 Å². The summed E-state index contributed by atoms with van der Waals surface area (Å²) in [6.07, 6.45) is 18.3. The van der Waals surface area contributed by atoms with Crippen LogP contribution < -0.4 is 0 Å². The van der Waals surface area contributed by atoms with Gasteiger partial charge in [-0.25, -0.2) is 14.4 Å². The smallest absolute Gasteiger partial charge is 0.346 e. The molecule has 0 saturated carbocycles. The van der Waals surface area contributed by atoms with Crippen molar-refractivity contribution in [2.24, 2.45) is 5.41 Å². The van der Waals surface area contributed by atoms with Crippen LogP contribution in [0.25, 0.3) is 0 Å². The van der Waals surface area contributed by atoms with E-state index < -0.39 is 23.3 Å². The topological polar surface area (TPSA) is 78.9 Å². The van der Waals surface area contributed by atoms with E-state index in [-0.39, 0.29) is 31.0 Å². The van der Waals surface area contributed by atoms with Gasteiger partial charge >= 0.3 is 17.9 Å². The number of rotatable bonds is 16. The SMILES string of the molecule is CCCCC/C=C\CCOC(=O)C1=C(C(=O)OCC/C=C\CCCCC)C(C)(C)COC1=O. The predicted octanol–water partition coefficient (Wildman–Crippen LogP) is 6.01. The number of esters is 3. The highest BCUT2D eigenvalue weighted by Gasteiger charge is 2.44. The molecule has 0 spiro atoms. The second-order valence-electron chi connectivity index (χ2n) is 8.99. The van der Waals surface area contributed by atoms with Crippen LogP contribution in [0.3, 0.4) is 0 Å². The molecule has 33 heavy (non-hydrogen) atoms. The molecule has 0 aromatic rings. The number of carbonyl (C=O) groups excluding carboxylic acids is 3. The van der Waals surface area contributed by atoms with Gasteiger partial charge in [-0.2, -0.15) is 0 Å². The van der Waals surface area contributed by atoms with E-state index in [0.717, 1.165) is 25.7 Å². The Bertz CT molecular complexity index is 714. The van der Waals surface area contributed by atoms with Gasteiger partial charge in [0.25, 0.3) is 0 Å². The number of hydrogen-bond donors (Lipinski definition) is 0. The summed E-state index contributed by atoms with van der Waals surface area (Å²) in [7, 11) is 0. The van der Waals surface area contributed by atoms with Crippen molar-refractivity contribution in [2.45, 2.75) is 91.9 Å². The van der Waals surface area contributed by atoms with Crippen LogP contribution >= 0.6 is 0 Å². The molecule has 0 aliphatic carbocycles. The summed E-state index contributed by atoms with van der Waals surface area (Å²) in [5.41, 5.74) is -1.15. The molecule has 1 aliphatic heterocycles. The van der Waals surface area contributed by atoms with Crippen molar-refractivity contribution in [1.29, 1.82) is 0 Å². The number of carbonyl (C=O) groups is 3. The second kappa shape index (κ2) is 16.3. The lowest BCUT2D eigenvalue weighted by molar-refractivity contribution is -0.154. The lowest BCUT2D eigenvalue weighted by Crippen LogP contribution is -2.39. The summed E-state index contributed by atoms with van der Waals surface area (Å²) < 4.78 is 15.8. The Morgan fingerprint density at radius 3 is 1.82 bits per heavy atom. The maximum Gasteiger partial charge on any atom is 0.346 e. The van der Waals surface area contributed by atoms with Gasteiger partial charge in [0.05, 0.1) is 18.8 Å². The number of unbranched alkanes of at least 4 members (excludes halogenated alkanes) is 6. The molecule has 0 amide bonds.